The van der Waals surface area contributed by atoms with Crippen molar-refractivity contribution in [2.75, 3.05) is 19.7 Å². The summed E-state index contributed by atoms with van der Waals surface area (Å²) in [5, 5.41) is 0. The Morgan fingerprint density at radius 3 is 2.76 bits per heavy atom. The number of morpholine rings is 1. The molecule has 1 aliphatic rings. The standard InChI is InChI=1S/C12H22BrNO3/c1-9(13)7-10-8-14(5-6-16-10)11(15)17-12(2,3)4/h9-10H,5-8H2,1-4H3. The summed E-state index contributed by atoms with van der Waals surface area (Å²) in [6.45, 7) is 9.53. The Hall–Kier alpha value is -0.290. The Labute approximate surface area is 112 Å². The van der Waals surface area contributed by atoms with E-state index < -0.39 is 5.60 Å². The topological polar surface area (TPSA) is 38.8 Å². The van der Waals surface area contributed by atoms with Crippen LogP contribution in [-0.2, 0) is 9.47 Å². The molecule has 0 saturated carbocycles. The quantitative estimate of drug-likeness (QED) is 0.736. The highest BCUT2D eigenvalue weighted by Gasteiger charge is 2.28. The first kappa shape index (κ1) is 14.8. The smallest absolute Gasteiger partial charge is 0.410 e. The third-order valence-corrected chi connectivity index (χ3v) is 2.75. The van der Waals surface area contributed by atoms with E-state index in [0.29, 0.717) is 24.5 Å². The van der Waals surface area contributed by atoms with Gasteiger partial charge in [-0.2, -0.15) is 0 Å². The van der Waals surface area contributed by atoms with Crippen LogP contribution in [0.2, 0.25) is 0 Å². The lowest BCUT2D eigenvalue weighted by Crippen LogP contribution is -2.47. The molecular weight excluding hydrogens is 286 g/mol. The highest BCUT2D eigenvalue weighted by molar-refractivity contribution is 9.09. The molecule has 0 aliphatic carbocycles. The molecule has 1 fully saturated rings. The molecular formula is C12H22BrNO3. The van der Waals surface area contributed by atoms with E-state index in [1.807, 2.05) is 20.8 Å². The van der Waals surface area contributed by atoms with Crippen molar-refractivity contribution in [3.8, 4) is 0 Å². The minimum atomic E-state index is -0.437. The van der Waals surface area contributed by atoms with Crippen LogP contribution in [-0.4, -0.2) is 47.2 Å². The third kappa shape index (κ3) is 5.73. The van der Waals surface area contributed by atoms with Crippen LogP contribution in [0.25, 0.3) is 0 Å². The summed E-state index contributed by atoms with van der Waals surface area (Å²) in [5.41, 5.74) is -0.437. The average Bonchev–Trinajstić information content (AvgIpc) is 2.14. The van der Waals surface area contributed by atoms with Crippen molar-refractivity contribution >= 4 is 22.0 Å². The van der Waals surface area contributed by atoms with E-state index in [2.05, 4.69) is 22.9 Å². The number of hydrogen-bond acceptors (Lipinski definition) is 3. The van der Waals surface area contributed by atoms with Gasteiger partial charge in [-0.25, -0.2) is 4.79 Å². The van der Waals surface area contributed by atoms with Crippen molar-refractivity contribution in [3.63, 3.8) is 0 Å². The molecule has 0 aromatic rings. The van der Waals surface area contributed by atoms with E-state index in [1.165, 1.54) is 0 Å². The zero-order valence-electron chi connectivity index (χ0n) is 11.0. The molecule has 1 rings (SSSR count). The maximum atomic E-state index is 11.9. The second kappa shape index (κ2) is 6.05. The molecule has 0 bridgehead atoms. The lowest BCUT2D eigenvalue weighted by Gasteiger charge is -2.34. The van der Waals surface area contributed by atoms with Crippen molar-refractivity contribution < 1.29 is 14.3 Å². The minimum Gasteiger partial charge on any atom is -0.444 e. The van der Waals surface area contributed by atoms with Crippen LogP contribution in [0, 0.1) is 0 Å². The Morgan fingerprint density at radius 1 is 1.59 bits per heavy atom. The second-order valence-corrected chi connectivity index (χ2v) is 7.00. The van der Waals surface area contributed by atoms with Gasteiger partial charge in [0.2, 0.25) is 0 Å². The van der Waals surface area contributed by atoms with E-state index >= 15 is 0 Å². The maximum Gasteiger partial charge on any atom is 0.410 e. The normalized spacial score (nSPS) is 23.4. The number of nitrogens with zero attached hydrogens (tertiary/aromatic N) is 1. The van der Waals surface area contributed by atoms with Gasteiger partial charge in [-0.3, -0.25) is 0 Å². The molecule has 1 saturated heterocycles. The first-order chi connectivity index (χ1) is 7.78. The molecule has 1 amide bonds. The lowest BCUT2D eigenvalue weighted by atomic mass is 10.1. The van der Waals surface area contributed by atoms with Crippen LogP contribution in [0.4, 0.5) is 4.79 Å². The molecule has 17 heavy (non-hydrogen) atoms. The van der Waals surface area contributed by atoms with Gasteiger partial charge in [0.1, 0.15) is 5.60 Å². The van der Waals surface area contributed by atoms with Gasteiger partial charge in [0.15, 0.2) is 0 Å². The molecule has 0 spiro atoms. The fourth-order valence-corrected chi connectivity index (χ4v) is 2.13. The number of halogens is 1. The zero-order chi connectivity index (χ0) is 13.1. The summed E-state index contributed by atoms with van der Waals surface area (Å²) in [5.74, 6) is 0. The van der Waals surface area contributed by atoms with E-state index in [1.54, 1.807) is 4.90 Å². The number of carbonyl (C=O) groups is 1. The van der Waals surface area contributed by atoms with Crippen LogP contribution in [0.15, 0.2) is 0 Å². The van der Waals surface area contributed by atoms with Gasteiger partial charge in [0.25, 0.3) is 0 Å². The first-order valence-corrected chi connectivity index (χ1v) is 6.93. The largest absolute Gasteiger partial charge is 0.444 e. The van der Waals surface area contributed by atoms with Crippen molar-refractivity contribution in [1.29, 1.82) is 0 Å². The Morgan fingerprint density at radius 2 is 2.24 bits per heavy atom. The first-order valence-electron chi connectivity index (χ1n) is 6.01. The number of hydrogen-bond donors (Lipinski definition) is 0. The van der Waals surface area contributed by atoms with Gasteiger partial charge >= 0.3 is 6.09 Å². The molecule has 0 radical (unpaired) electrons. The summed E-state index contributed by atoms with van der Waals surface area (Å²) in [6.07, 6.45) is 0.762. The number of alkyl halides is 1. The number of rotatable bonds is 2. The van der Waals surface area contributed by atoms with E-state index in [4.69, 9.17) is 9.47 Å². The van der Waals surface area contributed by atoms with Crippen molar-refractivity contribution in [2.45, 2.75) is 50.6 Å². The van der Waals surface area contributed by atoms with Gasteiger partial charge < -0.3 is 14.4 Å². The predicted molar refractivity (Wildman–Crippen MR) is 70.6 cm³/mol. The zero-order valence-corrected chi connectivity index (χ0v) is 12.6. The van der Waals surface area contributed by atoms with Crippen LogP contribution in [0.1, 0.15) is 34.1 Å². The van der Waals surface area contributed by atoms with Gasteiger partial charge in [-0.05, 0) is 27.2 Å². The minimum absolute atomic E-state index is 0.102. The Kier molecular flexibility index (Phi) is 5.25. The Bertz CT molecular complexity index is 263. The van der Waals surface area contributed by atoms with Gasteiger partial charge in [-0.15, -0.1) is 0 Å². The van der Waals surface area contributed by atoms with Gasteiger partial charge in [-0.1, -0.05) is 22.9 Å². The highest BCUT2D eigenvalue weighted by Crippen LogP contribution is 2.17. The van der Waals surface area contributed by atoms with Crippen LogP contribution >= 0.6 is 15.9 Å². The molecule has 2 atom stereocenters. The van der Waals surface area contributed by atoms with Crippen LogP contribution < -0.4 is 0 Å². The summed E-state index contributed by atoms with van der Waals surface area (Å²) >= 11 is 3.50. The average molecular weight is 308 g/mol. The molecule has 1 aliphatic heterocycles. The van der Waals surface area contributed by atoms with Gasteiger partial charge in [0, 0.05) is 11.4 Å². The maximum absolute atomic E-state index is 11.9. The second-order valence-electron chi connectivity index (χ2n) is 5.44. The molecule has 100 valence electrons. The number of ether oxygens (including phenoxy) is 2. The van der Waals surface area contributed by atoms with Crippen molar-refractivity contribution in [3.05, 3.63) is 0 Å². The monoisotopic (exact) mass is 307 g/mol. The molecule has 1 heterocycles. The third-order valence-electron chi connectivity index (χ3n) is 2.38. The van der Waals surface area contributed by atoms with Crippen LogP contribution in [0.5, 0.6) is 0 Å². The highest BCUT2D eigenvalue weighted by atomic mass is 79.9. The molecule has 4 nitrogen and oxygen atoms in total. The van der Waals surface area contributed by atoms with E-state index in [0.717, 1.165) is 6.42 Å². The fourth-order valence-electron chi connectivity index (χ4n) is 1.72. The molecule has 0 aromatic heterocycles. The predicted octanol–water partition coefficient (Wildman–Crippen LogP) is 2.80. The lowest BCUT2D eigenvalue weighted by molar-refractivity contribution is -0.0440. The summed E-state index contributed by atoms with van der Waals surface area (Å²) in [6, 6.07) is 0. The molecule has 5 heteroatoms. The summed E-state index contributed by atoms with van der Waals surface area (Å²) in [7, 11) is 0. The Balaban J connectivity index is 2.46. The van der Waals surface area contributed by atoms with Crippen molar-refractivity contribution in [2.24, 2.45) is 0 Å². The number of amides is 1. The van der Waals surface area contributed by atoms with Crippen molar-refractivity contribution in [1.82, 2.24) is 4.90 Å². The van der Waals surface area contributed by atoms with E-state index in [9.17, 15) is 4.79 Å². The molecule has 0 aromatic carbocycles. The summed E-state index contributed by atoms with van der Waals surface area (Å²) < 4.78 is 11.0. The van der Waals surface area contributed by atoms with Gasteiger partial charge in [0.05, 0.1) is 19.3 Å². The summed E-state index contributed by atoms with van der Waals surface area (Å²) in [4.78, 5) is 14.0. The SMILES string of the molecule is CC(Br)CC1CN(C(=O)OC(C)(C)C)CCO1. The molecule has 2 unspecified atom stereocenters. The molecule has 0 N–H and O–H groups in total. The van der Waals surface area contributed by atoms with E-state index in [-0.39, 0.29) is 12.2 Å². The van der Waals surface area contributed by atoms with Crippen LogP contribution in [0.3, 0.4) is 0 Å². The number of carbonyl (C=O) groups excluding carboxylic acids is 1. The fraction of sp³-hybridized carbons (Fsp3) is 0.917.